The summed E-state index contributed by atoms with van der Waals surface area (Å²) in [7, 11) is 0. The van der Waals surface area contributed by atoms with E-state index in [-0.39, 0.29) is 22.5 Å². The number of rotatable bonds is 2. The molecule has 1 fully saturated rings. The molecular weight excluding hydrogens is 195 g/mol. The summed E-state index contributed by atoms with van der Waals surface area (Å²) in [5.74, 6) is 0.174. The normalized spacial score (nSPS) is 33.2. The summed E-state index contributed by atoms with van der Waals surface area (Å²) in [5.41, 5.74) is -0.00498. The smallest absolute Gasteiger partial charge is 0.225 e. The molecule has 3 heteroatoms. The lowest BCUT2D eigenvalue weighted by atomic mass is 10.1. The molecule has 1 saturated carbocycles. The average Bonchev–Trinajstić information content (AvgIpc) is 2.32. The van der Waals surface area contributed by atoms with Gasteiger partial charge in [0.15, 0.2) is 0 Å². The predicted molar refractivity (Wildman–Crippen MR) is 51.2 cm³/mol. The van der Waals surface area contributed by atoms with Gasteiger partial charge in [-0.25, -0.2) is 0 Å². The highest BCUT2D eigenvalue weighted by Gasteiger charge is 2.59. The van der Waals surface area contributed by atoms with Crippen LogP contribution in [0.25, 0.3) is 0 Å². The fourth-order valence-electron chi connectivity index (χ4n) is 1.67. The molecule has 1 nitrogen and oxygen atoms in total. The van der Waals surface area contributed by atoms with Gasteiger partial charge in [-0.05, 0) is 29.9 Å². The molecule has 1 aliphatic carbocycles. The van der Waals surface area contributed by atoms with Crippen LogP contribution in [0.3, 0.4) is 0 Å². The van der Waals surface area contributed by atoms with Crippen molar-refractivity contribution in [2.24, 2.45) is 17.3 Å². The lowest BCUT2D eigenvalue weighted by molar-refractivity contribution is -0.113. The first-order valence-electron chi connectivity index (χ1n) is 3.90. The molecule has 0 aliphatic heterocycles. The van der Waals surface area contributed by atoms with E-state index in [1.54, 1.807) is 0 Å². The minimum atomic E-state index is -0.251. The Balaban J connectivity index is 2.73. The fraction of sp³-hybridized carbons (Fsp3) is 0.667. The first-order chi connectivity index (χ1) is 5.37. The zero-order valence-electron chi connectivity index (χ0n) is 7.40. The van der Waals surface area contributed by atoms with E-state index in [4.69, 9.17) is 23.2 Å². The molecule has 0 aromatic heterocycles. The Hall–Kier alpha value is -0.0100. The molecule has 0 N–H and O–H groups in total. The Morgan fingerprint density at radius 3 is 2.17 bits per heavy atom. The molecule has 12 heavy (non-hydrogen) atoms. The van der Waals surface area contributed by atoms with E-state index >= 15 is 0 Å². The number of allylic oxidation sites excluding steroid dienone is 2. The maximum atomic E-state index is 10.9. The Kier molecular flexibility index (Phi) is 2.55. The minimum absolute atomic E-state index is 0.00498. The molecule has 0 aromatic carbocycles. The molecule has 0 saturated heterocycles. The van der Waals surface area contributed by atoms with Crippen LogP contribution in [0.2, 0.25) is 0 Å². The van der Waals surface area contributed by atoms with E-state index in [0.29, 0.717) is 0 Å². The molecule has 0 heterocycles. The second-order valence-electron chi connectivity index (χ2n) is 3.88. The van der Waals surface area contributed by atoms with Crippen molar-refractivity contribution in [1.82, 2.24) is 0 Å². The van der Waals surface area contributed by atoms with E-state index in [1.807, 2.05) is 26.8 Å². The molecule has 1 rings (SSSR count). The van der Waals surface area contributed by atoms with Crippen molar-refractivity contribution in [2.75, 3.05) is 0 Å². The highest BCUT2D eigenvalue weighted by atomic mass is 35.5. The first-order valence-corrected chi connectivity index (χ1v) is 4.66. The van der Waals surface area contributed by atoms with Gasteiger partial charge in [-0.15, -0.1) is 0 Å². The highest BCUT2D eigenvalue weighted by molar-refractivity contribution is 6.64. The number of halogens is 2. The van der Waals surface area contributed by atoms with Crippen molar-refractivity contribution < 1.29 is 4.79 Å². The van der Waals surface area contributed by atoms with E-state index in [2.05, 4.69) is 0 Å². The summed E-state index contributed by atoms with van der Waals surface area (Å²) >= 11 is 11.1. The zero-order valence-corrected chi connectivity index (χ0v) is 8.91. The number of carbonyl (C=O) groups excluding carboxylic acids is 1. The van der Waals surface area contributed by atoms with E-state index in [0.717, 1.165) is 5.03 Å². The Bertz CT molecular complexity index is 239. The summed E-state index contributed by atoms with van der Waals surface area (Å²) < 4.78 is 0. The van der Waals surface area contributed by atoms with Gasteiger partial charge in [0, 0.05) is 11.0 Å². The average molecular weight is 207 g/mol. The quantitative estimate of drug-likeness (QED) is 0.635. The summed E-state index contributed by atoms with van der Waals surface area (Å²) in [6.07, 6.45) is 1.91. The van der Waals surface area contributed by atoms with Gasteiger partial charge in [-0.1, -0.05) is 31.5 Å². The van der Waals surface area contributed by atoms with Gasteiger partial charge in [-0.2, -0.15) is 0 Å². The SMILES string of the molecule is C/C(Cl)=C/[C@H]1[C@@H](C(=O)Cl)C1(C)C. The van der Waals surface area contributed by atoms with Gasteiger partial charge in [-0.3, -0.25) is 4.79 Å². The third-order valence-corrected chi connectivity index (χ3v) is 2.93. The van der Waals surface area contributed by atoms with E-state index < -0.39 is 0 Å². The van der Waals surface area contributed by atoms with E-state index in [1.165, 1.54) is 0 Å². The number of carbonyl (C=O) groups is 1. The van der Waals surface area contributed by atoms with Crippen LogP contribution in [0.15, 0.2) is 11.1 Å². The van der Waals surface area contributed by atoms with Crippen LogP contribution in [0.5, 0.6) is 0 Å². The topological polar surface area (TPSA) is 17.1 Å². The van der Waals surface area contributed by atoms with Crippen LogP contribution >= 0.6 is 23.2 Å². The van der Waals surface area contributed by atoms with Crippen LogP contribution < -0.4 is 0 Å². The van der Waals surface area contributed by atoms with Crippen molar-refractivity contribution in [3.8, 4) is 0 Å². The van der Waals surface area contributed by atoms with Gasteiger partial charge < -0.3 is 0 Å². The fourth-order valence-corrected chi connectivity index (χ4v) is 2.22. The van der Waals surface area contributed by atoms with Crippen LogP contribution in [-0.4, -0.2) is 5.24 Å². The van der Waals surface area contributed by atoms with Gasteiger partial charge >= 0.3 is 0 Å². The first kappa shape index (κ1) is 10.1. The van der Waals surface area contributed by atoms with Crippen LogP contribution in [-0.2, 0) is 4.79 Å². The molecule has 0 unspecified atom stereocenters. The summed E-state index contributed by atoms with van der Waals surface area (Å²) in [6.45, 7) is 5.86. The predicted octanol–water partition coefficient (Wildman–Crippen LogP) is 3.17. The van der Waals surface area contributed by atoms with Gasteiger partial charge in [0.25, 0.3) is 0 Å². The number of hydrogen-bond acceptors (Lipinski definition) is 1. The molecule has 0 amide bonds. The molecule has 0 bridgehead atoms. The van der Waals surface area contributed by atoms with Crippen LogP contribution in [0.4, 0.5) is 0 Å². The maximum absolute atomic E-state index is 10.9. The largest absolute Gasteiger partial charge is 0.281 e. The van der Waals surface area contributed by atoms with E-state index in [9.17, 15) is 4.79 Å². The second-order valence-corrected chi connectivity index (χ2v) is 4.85. The second kappa shape index (κ2) is 3.04. The number of hydrogen-bond donors (Lipinski definition) is 0. The molecule has 1 aliphatic rings. The zero-order chi connectivity index (χ0) is 9.52. The third-order valence-electron chi connectivity index (χ3n) is 2.56. The lowest BCUT2D eigenvalue weighted by Crippen LogP contribution is -1.96. The van der Waals surface area contributed by atoms with Gasteiger partial charge in [0.2, 0.25) is 5.24 Å². The Labute approximate surface area is 82.7 Å². The third kappa shape index (κ3) is 1.67. The van der Waals surface area contributed by atoms with Gasteiger partial charge in [0.1, 0.15) is 0 Å². The Morgan fingerprint density at radius 2 is 1.92 bits per heavy atom. The standard InChI is InChI=1S/C9H12Cl2O/c1-5(10)4-6-7(8(11)12)9(6,2)3/h4,6-7H,1-3H3/b5-4-/t6-,7-/m0/s1. The molecule has 2 atom stereocenters. The molecule has 0 spiro atoms. The molecular formula is C9H12Cl2O. The van der Waals surface area contributed by atoms with Crippen molar-refractivity contribution in [3.63, 3.8) is 0 Å². The molecule has 0 radical (unpaired) electrons. The van der Waals surface area contributed by atoms with Crippen LogP contribution in [0, 0.1) is 17.3 Å². The summed E-state index contributed by atoms with van der Waals surface area (Å²) in [6, 6.07) is 0. The maximum Gasteiger partial charge on any atom is 0.225 e. The monoisotopic (exact) mass is 206 g/mol. The minimum Gasteiger partial charge on any atom is -0.281 e. The lowest BCUT2D eigenvalue weighted by Gasteiger charge is -1.96. The van der Waals surface area contributed by atoms with Crippen molar-refractivity contribution in [1.29, 1.82) is 0 Å². The molecule has 0 aromatic rings. The van der Waals surface area contributed by atoms with Crippen molar-refractivity contribution >= 4 is 28.4 Å². The summed E-state index contributed by atoms with van der Waals surface area (Å²) in [4.78, 5) is 10.9. The molecule has 68 valence electrons. The van der Waals surface area contributed by atoms with Crippen molar-refractivity contribution in [3.05, 3.63) is 11.1 Å². The van der Waals surface area contributed by atoms with Crippen LogP contribution in [0.1, 0.15) is 20.8 Å². The Morgan fingerprint density at radius 1 is 1.42 bits per heavy atom. The summed E-state index contributed by atoms with van der Waals surface area (Å²) in [5, 5.41) is 0.479. The highest BCUT2D eigenvalue weighted by Crippen LogP contribution is 2.60. The van der Waals surface area contributed by atoms with Crippen molar-refractivity contribution in [2.45, 2.75) is 20.8 Å². The van der Waals surface area contributed by atoms with Gasteiger partial charge in [0.05, 0.1) is 0 Å².